The van der Waals surface area contributed by atoms with E-state index in [-0.39, 0.29) is 18.4 Å². The highest BCUT2D eigenvalue weighted by Crippen LogP contribution is 2.38. The number of piperidine rings is 1. The molecular weight excluding hydrogens is 379 g/mol. The molecular formula is C20H17F5N2O. The van der Waals surface area contributed by atoms with Crippen LogP contribution in [0.2, 0.25) is 0 Å². The van der Waals surface area contributed by atoms with E-state index in [4.69, 9.17) is 4.42 Å². The van der Waals surface area contributed by atoms with Crippen LogP contribution in [0.1, 0.15) is 24.0 Å². The molecule has 3 heterocycles. The monoisotopic (exact) mass is 396 g/mol. The number of hydrogen-bond acceptors (Lipinski definition) is 3. The van der Waals surface area contributed by atoms with E-state index in [1.54, 1.807) is 24.4 Å². The molecule has 0 amide bonds. The van der Waals surface area contributed by atoms with Crippen LogP contribution in [0.5, 0.6) is 0 Å². The minimum Gasteiger partial charge on any atom is -0.464 e. The molecule has 1 aliphatic rings. The summed E-state index contributed by atoms with van der Waals surface area (Å²) in [5, 5.41) is 0.352. The van der Waals surface area contributed by atoms with E-state index in [2.05, 4.69) is 4.98 Å². The van der Waals surface area contributed by atoms with E-state index in [9.17, 15) is 22.0 Å². The zero-order valence-electron chi connectivity index (χ0n) is 14.8. The quantitative estimate of drug-likeness (QED) is 0.529. The fraction of sp³-hybridized carbons (Fsp3) is 0.350. The molecule has 0 bridgehead atoms. The van der Waals surface area contributed by atoms with Crippen LogP contribution in [0.4, 0.5) is 22.0 Å². The molecule has 8 heteroatoms. The third kappa shape index (κ3) is 3.87. The van der Waals surface area contributed by atoms with Gasteiger partial charge in [-0.05, 0) is 29.8 Å². The topological polar surface area (TPSA) is 29.3 Å². The van der Waals surface area contributed by atoms with Gasteiger partial charge in [0, 0.05) is 49.6 Å². The molecule has 0 saturated carbocycles. The molecule has 0 aliphatic carbocycles. The molecule has 4 rings (SSSR count). The van der Waals surface area contributed by atoms with Gasteiger partial charge >= 0.3 is 6.18 Å². The summed E-state index contributed by atoms with van der Waals surface area (Å²) in [6.07, 6.45) is -2.06. The van der Waals surface area contributed by atoms with Crippen LogP contribution in [0, 0.1) is 0 Å². The third-order valence-electron chi connectivity index (χ3n) is 4.97. The van der Waals surface area contributed by atoms with E-state index < -0.39 is 17.7 Å². The number of likely N-dealkylation sites (tertiary alicyclic amines) is 1. The largest absolute Gasteiger partial charge is 0.464 e. The van der Waals surface area contributed by atoms with Crippen molar-refractivity contribution in [1.82, 2.24) is 9.88 Å². The standard InChI is InChI=1S/C20H17F5N2O/c21-19(22)4-6-27(7-5-19)12-13-1-2-17(26-11-13)15-9-14-3-8-28-18(14)16(10-15)20(23,24)25/h1-3,8-11H,4-7,12H2. The van der Waals surface area contributed by atoms with Gasteiger partial charge in [0.2, 0.25) is 0 Å². The second kappa shape index (κ2) is 6.84. The van der Waals surface area contributed by atoms with Gasteiger partial charge in [-0.1, -0.05) is 6.07 Å². The number of furan rings is 1. The summed E-state index contributed by atoms with van der Waals surface area (Å²) in [5.74, 6) is -2.60. The smallest absolute Gasteiger partial charge is 0.420 e. The van der Waals surface area contributed by atoms with Crippen LogP contribution >= 0.6 is 0 Å². The maximum atomic E-state index is 13.3. The lowest BCUT2D eigenvalue weighted by Gasteiger charge is -2.31. The number of nitrogens with zero attached hydrogens (tertiary/aromatic N) is 2. The van der Waals surface area contributed by atoms with Crippen LogP contribution in [-0.4, -0.2) is 28.9 Å². The number of alkyl halides is 5. The molecule has 28 heavy (non-hydrogen) atoms. The molecule has 1 fully saturated rings. The lowest BCUT2D eigenvalue weighted by atomic mass is 10.0. The Hall–Kier alpha value is -2.48. The number of fused-ring (bicyclic) bond motifs is 1. The van der Waals surface area contributed by atoms with Crippen LogP contribution < -0.4 is 0 Å². The number of halogens is 5. The van der Waals surface area contributed by atoms with Gasteiger partial charge in [-0.3, -0.25) is 9.88 Å². The first-order valence-corrected chi connectivity index (χ1v) is 8.85. The van der Waals surface area contributed by atoms with Gasteiger partial charge in [0.1, 0.15) is 5.58 Å². The summed E-state index contributed by atoms with van der Waals surface area (Å²) in [6, 6.07) is 7.52. The van der Waals surface area contributed by atoms with Crippen molar-refractivity contribution < 1.29 is 26.4 Å². The summed E-state index contributed by atoms with van der Waals surface area (Å²) in [6.45, 7) is 1.10. The van der Waals surface area contributed by atoms with Gasteiger partial charge < -0.3 is 4.42 Å². The average molecular weight is 396 g/mol. The van der Waals surface area contributed by atoms with Crippen molar-refractivity contribution in [2.24, 2.45) is 0 Å². The number of aromatic nitrogens is 1. The second-order valence-electron chi connectivity index (χ2n) is 7.04. The summed E-state index contributed by atoms with van der Waals surface area (Å²) in [7, 11) is 0. The first-order chi connectivity index (χ1) is 13.2. The van der Waals surface area contributed by atoms with Gasteiger partial charge in [-0.2, -0.15) is 13.2 Å². The first kappa shape index (κ1) is 18.9. The van der Waals surface area contributed by atoms with Crippen molar-refractivity contribution in [2.75, 3.05) is 13.1 Å². The summed E-state index contributed by atoms with van der Waals surface area (Å²) >= 11 is 0. The fourth-order valence-electron chi connectivity index (χ4n) is 3.43. The van der Waals surface area contributed by atoms with E-state index in [1.807, 2.05) is 4.90 Å². The summed E-state index contributed by atoms with van der Waals surface area (Å²) < 4.78 is 71.4. The SMILES string of the molecule is FC1(F)CCN(Cc2ccc(-c3cc(C(F)(F)F)c4occc4c3)nc2)CC1. The van der Waals surface area contributed by atoms with Crippen molar-refractivity contribution in [1.29, 1.82) is 0 Å². The van der Waals surface area contributed by atoms with Crippen LogP contribution in [0.25, 0.3) is 22.2 Å². The minimum atomic E-state index is -4.54. The van der Waals surface area contributed by atoms with Gasteiger partial charge in [0.15, 0.2) is 0 Å². The molecule has 2 aromatic heterocycles. The van der Waals surface area contributed by atoms with Gasteiger partial charge in [0.05, 0.1) is 17.5 Å². The van der Waals surface area contributed by atoms with Gasteiger partial charge in [0.25, 0.3) is 5.92 Å². The Morgan fingerprint density at radius 3 is 2.46 bits per heavy atom. The zero-order chi connectivity index (χ0) is 19.9. The Kier molecular flexibility index (Phi) is 4.61. The van der Waals surface area contributed by atoms with E-state index in [0.29, 0.717) is 36.3 Å². The van der Waals surface area contributed by atoms with Crippen LogP contribution in [0.15, 0.2) is 47.2 Å². The highest BCUT2D eigenvalue weighted by atomic mass is 19.4. The summed E-state index contributed by atoms with van der Waals surface area (Å²) in [4.78, 5) is 6.21. The molecule has 3 nitrogen and oxygen atoms in total. The Labute approximate surface area is 157 Å². The normalized spacial score (nSPS) is 17.9. The molecule has 148 valence electrons. The number of rotatable bonds is 3. The Bertz CT molecular complexity index is 968. The molecule has 0 spiro atoms. The average Bonchev–Trinajstić information content (AvgIpc) is 3.11. The maximum absolute atomic E-state index is 13.3. The molecule has 1 aliphatic heterocycles. The van der Waals surface area contributed by atoms with Crippen LogP contribution in [-0.2, 0) is 12.7 Å². The lowest BCUT2D eigenvalue weighted by Crippen LogP contribution is -2.38. The van der Waals surface area contributed by atoms with Gasteiger partial charge in [-0.15, -0.1) is 0 Å². The van der Waals surface area contributed by atoms with E-state index in [0.717, 1.165) is 11.6 Å². The molecule has 0 unspecified atom stereocenters. The molecule has 1 saturated heterocycles. The number of benzene rings is 1. The minimum absolute atomic E-state index is 0.163. The van der Waals surface area contributed by atoms with Crippen molar-refractivity contribution in [3.05, 3.63) is 53.9 Å². The van der Waals surface area contributed by atoms with Crippen molar-refractivity contribution in [3.8, 4) is 11.3 Å². The number of pyridine rings is 1. The van der Waals surface area contributed by atoms with Gasteiger partial charge in [-0.25, -0.2) is 8.78 Å². The molecule has 3 aromatic rings. The highest BCUT2D eigenvalue weighted by Gasteiger charge is 2.35. The fourth-order valence-corrected chi connectivity index (χ4v) is 3.43. The molecule has 0 atom stereocenters. The summed E-state index contributed by atoms with van der Waals surface area (Å²) in [5.41, 5.74) is 0.530. The van der Waals surface area contributed by atoms with Crippen molar-refractivity contribution in [3.63, 3.8) is 0 Å². The zero-order valence-corrected chi connectivity index (χ0v) is 14.8. The highest BCUT2D eigenvalue weighted by molar-refractivity contribution is 5.86. The van der Waals surface area contributed by atoms with Crippen LogP contribution in [0.3, 0.4) is 0 Å². The predicted molar refractivity (Wildman–Crippen MR) is 93.9 cm³/mol. The lowest BCUT2D eigenvalue weighted by molar-refractivity contribution is -0.136. The first-order valence-electron chi connectivity index (χ1n) is 8.85. The van der Waals surface area contributed by atoms with E-state index >= 15 is 0 Å². The molecule has 1 aromatic carbocycles. The van der Waals surface area contributed by atoms with Crippen molar-refractivity contribution >= 4 is 11.0 Å². The number of hydrogen-bond donors (Lipinski definition) is 0. The van der Waals surface area contributed by atoms with E-state index in [1.165, 1.54) is 12.3 Å². The predicted octanol–water partition coefficient (Wildman–Crippen LogP) is 5.74. The Morgan fingerprint density at radius 2 is 1.82 bits per heavy atom. The van der Waals surface area contributed by atoms with Crippen molar-refractivity contribution in [2.45, 2.75) is 31.5 Å². The molecule has 0 N–H and O–H groups in total. The Balaban J connectivity index is 1.56. The molecule has 0 radical (unpaired) electrons. The Morgan fingerprint density at radius 1 is 1.07 bits per heavy atom. The second-order valence-corrected chi connectivity index (χ2v) is 7.04. The maximum Gasteiger partial charge on any atom is 0.420 e. The third-order valence-corrected chi connectivity index (χ3v) is 4.97.